The van der Waals surface area contributed by atoms with Gasteiger partial charge in [-0.2, -0.15) is 48.8 Å². The van der Waals surface area contributed by atoms with E-state index in [-0.39, 0.29) is 45.8 Å². The standard InChI is InChI=1S/C19H13Cl2NO.C9H8N3O.C5H9O2.2Mn/c1-12-10-11-17(22-19(12)23-2)15-8-5-7-14(18(15)21)13-6-3-4-9-16(13)20;1-6-3-7-4-11-12(2)9(13)8(7)5-10-6;6-5-2-1-3-7-4-5;;/h3-8,10-11H,1H2,2H3;3-4H,1-2H3;2,5-6H,1,3-4H2;;/q-2;2*-1;2*+2/t;;5-;;/m..0../s1. The Bertz CT molecular complexity index is 1770. The van der Waals surface area contributed by atoms with Crippen LogP contribution in [0.2, 0.25) is 10.0 Å². The zero-order chi connectivity index (χ0) is 30.9. The summed E-state index contributed by atoms with van der Waals surface area (Å²) in [5, 5.41) is 15.0. The Kier molecular flexibility index (Phi) is 15.6. The minimum atomic E-state index is -0.311. The summed E-state index contributed by atoms with van der Waals surface area (Å²) in [6, 6.07) is 19.8. The number of halogens is 2. The topological polar surface area (TPSA) is 99.4 Å². The summed E-state index contributed by atoms with van der Waals surface area (Å²) >= 11 is 12.9. The van der Waals surface area contributed by atoms with E-state index < -0.39 is 0 Å². The fraction of sp³-hybridized carbons (Fsp3) is 0.212. The maximum atomic E-state index is 11.5. The van der Waals surface area contributed by atoms with Crippen molar-refractivity contribution in [1.82, 2.24) is 19.7 Å². The van der Waals surface area contributed by atoms with Gasteiger partial charge in [0, 0.05) is 42.7 Å². The van der Waals surface area contributed by atoms with Crippen LogP contribution < -0.4 is 10.3 Å². The first-order valence-electron chi connectivity index (χ1n) is 13.3. The van der Waals surface area contributed by atoms with Gasteiger partial charge in [0.2, 0.25) is 0 Å². The molecule has 0 amide bonds. The van der Waals surface area contributed by atoms with Crippen LogP contribution in [-0.4, -0.2) is 51.3 Å². The number of aliphatic hydroxyl groups is 1. The molecule has 0 bridgehead atoms. The summed E-state index contributed by atoms with van der Waals surface area (Å²) in [6.07, 6.45) is 6.79. The fourth-order valence-corrected chi connectivity index (χ4v) is 4.70. The number of rotatable bonds is 3. The summed E-state index contributed by atoms with van der Waals surface area (Å²) in [5.74, 6) is 0.482. The molecule has 4 heterocycles. The summed E-state index contributed by atoms with van der Waals surface area (Å²) in [6.45, 7) is 7.00. The normalized spacial score (nSPS) is 13.6. The number of aryl methyl sites for hydroxylation is 2. The van der Waals surface area contributed by atoms with Crippen molar-refractivity contribution < 1.29 is 48.7 Å². The molecule has 12 heteroatoms. The molecule has 1 aliphatic heterocycles. The zero-order valence-corrected chi connectivity index (χ0v) is 28.6. The van der Waals surface area contributed by atoms with Crippen molar-refractivity contribution in [3.63, 3.8) is 0 Å². The first-order valence-corrected chi connectivity index (χ1v) is 14.1. The molecule has 234 valence electrons. The van der Waals surface area contributed by atoms with Crippen molar-refractivity contribution >= 4 is 34.0 Å². The second-order valence-electron chi connectivity index (χ2n) is 9.51. The van der Waals surface area contributed by atoms with Gasteiger partial charge < -0.3 is 24.4 Å². The molecule has 45 heavy (non-hydrogen) atoms. The van der Waals surface area contributed by atoms with Gasteiger partial charge in [0.15, 0.2) is 5.56 Å². The first-order chi connectivity index (χ1) is 20.7. The predicted molar refractivity (Wildman–Crippen MR) is 169 cm³/mol. The van der Waals surface area contributed by atoms with Gasteiger partial charge in [0.25, 0.3) is 0 Å². The van der Waals surface area contributed by atoms with E-state index in [0.717, 1.165) is 52.1 Å². The van der Waals surface area contributed by atoms with Gasteiger partial charge in [-0.1, -0.05) is 64.1 Å². The predicted octanol–water partition coefficient (Wildman–Crippen LogP) is 6.12. The Labute approximate surface area is 294 Å². The van der Waals surface area contributed by atoms with E-state index in [0.29, 0.717) is 27.9 Å². The van der Waals surface area contributed by atoms with Gasteiger partial charge >= 0.3 is 34.1 Å². The molecule has 0 saturated carbocycles. The minimum Gasteiger partial charge on any atom is -0.537 e. The number of hydrogen-bond acceptors (Lipinski definition) is 7. The van der Waals surface area contributed by atoms with Crippen molar-refractivity contribution in [1.29, 1.82) is 0 Å². The summed E-state index contributed by atoms with van der Waals surface area (Å²) in [7, 11) is 3.17. The molecule has 1 fully saturated rings. The van der Waals surface area contributed by atoms with Crippen molar-refractivity contribution in [2.24, 2.45) is 7.05 Å². The Hall–Kier alpha value is -2.91. The van der Waals surface area contributed by atoms with E-state index in [1.165, 1.54) is 4.68 Å². The zero-order valence-electron chi connectivity index (χ0n) is 24.7. The molecule has 8 nitrogen and oxygen atoms in total. The number of methoxy groups -OCH3 is 1. The number of nitrogens with zero attached hydrogens (tertiary/aromatic N) is 4. The third-order valence-electron chi connectivity index (χ3n) is 6.37. The fourth-order valence-electron chi connectivity index (χ4n) is 4.15. The number of benzene rings is 2. The van der Waals surface area contributed by atoms with Crippen LogP contribution in [0.15, 0.2) is 65.6 Å². The monoisotopic (exact) mass is 726 g/mol. The van der Waals surface area contributed by atoms with Crippen LogP contribution >= 0.6 is 23.2 Å². The van der Waals surface area contributed by atoms with E-state index in [1.807, 2.05) is 61.9 Å². The van der Waals surface area contributed by atoms with Crippen LogP contribution in [0.4, 0.5) is 0 Å². The van der Waals surface area contributed by atoms with Crippen LogP contribution in [0, 0.1) is 32.5 Å². The van der Waals surface area contributed by atoms with E-state index >= 15 is 0 Å². The molecule has 3 aromatic heterocycles. The van der Waals surface area contributed by atoms with Crippen LogP contribution in [0.3, 0.4) is 0 Å². The van der Waals surface area contributed by atoms with Gasteiger partial charge in [-0.05, 0) is 18.0 Å². The second-order valence-corrected chi connectivity index (χ2v) is 10.3. The Balaban J connectivity index is 0.000000270. The molecule has 1 saturated heterocycles. The molecule has 1 aliphatic rings. The average Bonchev–Trinajstić information content (AvgIpc) is 3.01. The minimum absolute atomic E-state index is 0. The summed E-state index contributed by atoms with van der Waals surface area (Å²) in [5.41, 5.74) is 4.60. The van der Waals surface area contributed by atoms with E-state index in [2.05, 4.69) is 34.3 Å². The number of fused-ring (bicyclic) bond motifs is 1. The quantitative estimate of drug-likeness (QED) is 0.177. The Morgan fingerprint density at radius 3 is 2.51 bits per heavy atom. The second kappa shape index (κ2) is 18.3. The summed E-state index contributed by atoms with van der Waals surface area (Å²) in [4.78, 5) is 19.9. The number of hydrogen-bond donors (Lipinski definition) is 1. The molecule has 2 radical (unpaired) electrons. The van der Waals surface area contributed by atoms with Gasteiger partial charge in [0.05, 0.1) is 7.11 Å². The molecule has 0 aliphatic carbocycles. The molecule has 6 rings (SSSR count). The molecule has 0 unspecified atom stereocenters. The Morgan fingerprint density at radius 1 is 1.13 bits per heavy atom. The van der Waals surface area contributed by atoms with E-state index in [9.17, 15) is 4.79 Å². The SMILES string of the molecule is Cc1cc2cnn(C)c(=O)c2[c-]n1.O[C@H]1[CH-]CCOC1.[CH2-]c1ccc(-c2cccc(-c3ccc[c-]c3Cl)c2Cl)nc1OC.[Mn+2].[Mn+2]. The smallest absolute Gasteiger partial charge is 0.537 e. The van der Waals surface area contributed by atoms with Gasteiger partial charge in [-0.25, -0.2) is 0 Å². The Morgan fingerprint density at radius 2 is 1.87 bits per heavy atom. The molecular weight excluding hydrogens is 697 g/mol. The first kappa shape index (κ1) is 38.3. The number of pyridine rings is 2. The number of ether oxygens (including phenoxy) is 2. The van der Waals surface area contributed by atoms with Gasteiger partial charge in [0.1, 0.15) is 5.88 Å². The molecular formula is C33H30Cl2Mn2N4O4. The number of aliphatic hydroxyl groups excluding tert-OH is 1. The van der Waals surface area contributed by atoms with Gasteiger partial charge in [-0.3, -0.25) is 16.1 Å². The van der Waals surface area contributed by atoms with Crippen molar-refractivity contribution in [3.05, 3.63) is 118 Å². The van der Waals surface area contributed by atoms with Gasteiger partial charge in [-0.15, -0.1) is 28.8 Å². The maximum absolute atomic E-state index is 11.5. The van der Waals surface area contributed by atoms with E-state index in [4.69, 9.17) is 37.8 Å². The summed E-state index contributed by atoms with van der Waals surface area (Å²) < 4.78 is 11.4. The van der Waals surface area contributed by atoms with Crippen LogP contribution in [-0.2, 0) is 45.9 Å². The van der Waals surface area contributed by atoms with Crippen molar-refractivity contribution in [2.45, 2.75) is 19.4 Å². The molecule has 0 spiro atoms. The van der Waals surface area contributed by atoms with E-state index in [1.54, 1.807) is 26.4 Å². The van der Waals surface area contributed by atoms with Crippen molar-refractivity contribution in [2.75, 3.05) is 20.3 Å². The third kappa shape index (κ3) is 10.0. The third-order valence-corrected chi connectivity index (χ3v) is 7.09. The van der Waals surface area contributed by atoms with Crippen molar-refractivity contribution in [3.8, 4) is 28.3 Å². The molecule has 1 atom stereocenters. The maximum Gasteiger partial charge on any atom is 2.00 e. The molecule has 5 aromatic rings. The molecule has 2 aromatic carbocycles. The molecule has 1 N–H and O–H groups in total. The van der Waals surface area contributed by atoms with Crippen LogP contribution in [0.5, 0.6) is 5.88 Å². The largest absolute Gasteiger partial charge is 2.00 e. The van der Waals surface area contributed by atoms with Crippen LogP contribution in [0.1, 0.15) is 17.7 Å². The van der Waals surface area contributed by atoms with Crippen LogP contribution in [0.25, 0.3) is 33.2 Å². The number of aromatic nitrogens is 4. The average molecular weight is 727 g/mol.